The zero-order chi connectivity index (χ0) is 13.1. The van der Waals surface area contributed by atoms with E-state index in [1.54, 1.807) is 20.8 Å². The molecule has 5 heteroatoms. The van der Waals surface area contributed by atoms with Crippen LogP contribution >= 0.6 is 0 Å². The van der Waals surface area contributed by atoms with Gasteiger partial charge in [-0.05, 0) is 27.2 Å². The summed E-state index contributed by atoms with van der Waals surface area (Å²) >= 11 is 0. The summed E-state index contributed by atoms with van der Waals surface area (Å²) in [7, 11) is 0. The highest BCUT2D eigenvalue weighted by Crippen LogP contribution is 2.25. The zero-order valence-electron chi connectivity index (χ0n) is 10.6. The summed E-state index contributed by atoms with van der Waals surface area (Å²) in [5, 5.41) is 0. The van der Waals surface area contributed by atoms with Gasteiger partial charge in [0.1, 0.15) is 18.1 Å². The average molecular weight is 245 g/mol. The van der Waals surface area contributed by atoms with Gasteiger partial charge < -0.3 is 14.4 Å². The van der Waals surface area contributed by atoms with Gasteiger partial charge in [-0.1, -0.05) is 0 Å². The Balaban J connectivity index is 2.26. The van der Waals surface area contributed by atoms with Crippen LogP contribution in [0.4, 0.5) is 9.18 Å². The molecule has 1 aliphatic rings. The highest BCUT2D eigenvalue weighted by Gasteiger charge is 2.38. The maximum atomic E-state index is 13.5. The molecule has 1 aliphatic heterocycles. The number of hydrogen-bond donors (Lipinski definition) is 0. The number of ether oxygens (including phenoxy) is 1. The summed E-state index contributed by atoms with van der Waals surface area (Å²) in [5.74, 6) is -0.150. The van der Waals surface area contributed by atoms with Crippen molar-refractivity contribution in [3.8, 4) is 0 Å². The highest BCUT2D eigenvalue weighted by molar-refractivity contribution is 5.69. The van der Waals surface area contributed by atoms with E-state index in [4.69, 9.17) is 4.74 Å². The van der Waals surface area contributed by atoms with E-state index in [1.807, 2.05) is 0 Å². The van der Waals surface area contributed by atoms with Crippen LogP contribution in [0.15, 0.2) is 0 Å². The first kappa shape index (κ1) is 13.9. The lowest BCUT2D eigenvalue weighted by atomic mass is 9.92. The number of hydrogen-bond acceptors (Lipinski definition) is 3. The lowest BCUT2D eigenvalue weighted by Crippen LogP contribution is -2.54. The number of alkyl halides is 1. The van der Waals surface area contributed by atoms with Gasteiger partial charge in [0.05, 0.1) is 0 Å². The molecule has 4 nitrogen and oxygen atoms in total. The number of amides is 1. The number of nitrogens with zero attached hydrogens (tertiary/aromatic N) is 1. The molecule has 1 saturated heterocycles. The molecule has 1 atom stereocenters. The lowest BCUT2D eigenvalue weighted by Gasteiger charge is -2.41. The monoisotopic (exact) mass is 245 g/mol. The summed E-state index contributed by atoms with van der Waals surface area (Å²) in [6.07, 6.45) is -0.188. The number of carbonyl (C=O) groups is 2. The van der Waals surface area contributed by atoms with Gasteiger partial charge in [0.25, 0.3) is 0 Å². The topological polar surface area (TPSA) is 46.6 Å². The van der Waals surface area contributed by atoms with E-state index in [1.165, 1.54) is 4.90 Å². The SMILES string of the molecule is CC(C)(C)OC(=O)N1CC(C(F)CCC=O)C1. The minimum Gasteiger partial charge on any atom is -0.444 e. The maximum Gasteiger partial charge on any atom is 0.410 e. The number of rotatable bonds is 4. The third-order valence-corrected chi connectivity index (χ3v) is 2.63. The predicted molar refractivity (Wildman–Crippen MR) is 61.5 cm³/mol. The molecular weight excluding hydrogens is 225 g/mol. The number of carbonyl (C=O) groups excluding carboxylic acids is 2. The van der Waals surface area contributed by atoms with Gasteiger partial charge in [0.2, 0.25) is 0 Å². The van der Waals surface area contributed by atoms with Crippen molar-refractivity contribution in [2.75, 3.05) is 13.1 Å². The van der Waals surface area contributed by atoms with E-state index in [-0.39, 0.29) is 18.8 Å². The minimum atomic E-state index is -1.00. The molecule has 1 rings (SSSR count). The molecule has 0 saturated carbocycles. The second kappa shape index (κ2) is 5.47. The van der Waals surface area contributed by atoms with E-state index in [0.29, 0.717) is 13.1 Å². The van der Waals surface area contributed by atoms with E-state index in [2.05, 4.69) is 0 Å². The van der Waals surface area contributed by atoms with Gasteiger partial charge in [-0.3, -0.25) is 0 Å². The molecule has 1 heterocycles. The van der Waals surface area contributed by atoms with Crippen molar-refractivity contribution in [2.24, 2.45) is 5.92 Å². The lowest BCUT2D eigenvalue weighted by molar-refractivity contribution is -0.108. The Morgan fingerprint density at radius 3 is 2.59 bits per heavy atom. The summed E-state index contributed by atoms with van der Waals surface area (Å²) in [6, 6.07) is 0. The molecule has 17 heavy (non-hydrogen) atoms. The summed E-state index contributed by atoms with van der Waals surface area (Å²) < 4.78 is 18.6. The van der Waals surface area contributed by atoms with Crippen molar-refractivity contribution in [1.29, 1.82) is 0 Å². The molecule has 1 amide bonds. The van der Waals surface area contributed by atoms with Crippen LogP contribution in [0, 0.1) is 5.92 Å². The first-order chi connectivity index (χ1) is 7.83. The summed E-state index contributed by atoms with van der Waals surface area (Å²) in [5.41, 5.74) is -0.519. The molecule has 1 fully saturated rings. The van der Waals surface area contributed by atoms with Crippen LogP contribution in [0.3, 0.4) is 0 Å². The quantitative estimate of drug-likeness (QED) is 0.713. The Kier molecular flexibility index (Phi) is 4.48. The Labute approximate surface area is 101 Å². The molecule has 0 aliphatic carbocycles. The Morgan fingerprint density at radius 2 is 2.12 bits per heavy atom. The third kappa shape index (κ3) is 4.32. The molecule has 0 aromatic carbocycles. The largest absolute Gasteiger partial charge is 0.444 e. The number of likely N-dealkylation sites (tertiary alicyclic amines) is 1. The van der Waals surface area contributed by atoms with Gasteiger partial charge in [0, 0.05) is 25.4 Å². The average Bonchev–Trinajstić information content (AvgIpc) is 2.09. The highest BCUT2D eigenvalue weighted by atomic mass is 19.1. The van der Waals surface area contributed by atoms with E-state index in [9.17, 15) is 14.0 Å². The molecule has 0 radical (unpaired) electrons. The van der Waals surface area contributed by atoms with Crippen LogP contribution < -0.4 is 0 Å². The van der Waals surface area contributed by atoms with Gasteiger partial charge in [0.15, 0.2) is 0 Å². The van der Waals surface area contributed by atoms with Crippen LogP contribution in [-0.4, -0.2) is 42.1 Å². The molecule has 0 bridgehead atoms. The fourth-order valence-corrected chi connectivity index (χ4v) is 1.68. The Hall–Kier alpha value is -1.13. The molecule has 0 N–H and O–H groups in total. The number of aldehydes is 1. The Bertz CT molecular complexity index is 282. The molecule has 0 aromatic heterocycles. The second-order valence-electron chi connectivity index (χ2n) is 5.41. The van der Waals surface area contributed by atoms with Crippen molar-refractivity contribution in [3.05, 3.63) is 0 Å². The zero-order valence-corrected chi connectivity index (χ0v) is 10.6. The van der Waals surface area contributed by atoms with Crippen LogP contribution in [0.2, 0.25) is 0 Å². The molecule has 1 unspecified atom stereocenters. The predicted octanol–water partition coefficient (Wildman–Crippen LogP) is 2.17. The second-order valence-corrected chi connectivity index (χ2v) is 5.41. The van der Waals surface area contributed by atoms with Gasteiger partial charge in [-0.2, -0.15) is 0 Å². The first-order valence-corrected chi connectivity index (χ1v) is 5.89. The maximum absolute atomic E-state index is 13.5. The van der Waals surface area contributed by atoms with Crippen molar-refractivity contribution in [1.82, 2.24) is 4.90 Å². The van der Waals surface area contributed by atoms with E-state index >= 15 is 0 Å². The van der Waals surface area contributed by atoms with Crippen LogP contribution in [0.25, 0.3) is 0 Å². The summed E-state index contributed by atoms with van der Waals surface area (Å²) in [6.45, 7) is 6.16. The molecule has 0 aromatic rings. The normalized spacial score (nSPS) is 18.5. The minimum absolute atomic E-state index is 0.150. The molecular formula is C12H20FNO3. The van der Waals surface area contributed by atoms with Gasteiger partial charge in [-0.15, -0.1) is 0 Å². The third-order valence-electron chi connectivity index (χ3n) is 2.63. The first-order valence-electron chi connectivity index (χ1n) is 5.89. The smallest absolute Gasteiger partial charge is 0.410 e. The van der Waals surface area contributed by atoms with Crippen molar-refractivity contribution < 1.29 is 18.7 Å². The van der Waals surface area contributed by atoms with Crippen molar-refractivity contribution in [2.45, 2.75) is 45.4 Å². The fraction of sp³-hybridized carbons (Fsp3) is 0.833. The van der Waals surface area contributed by atoms with Crippen LogP contribution in [0.5, 0.6) is 0 Å². The van der Waals surface area contributed by atoms with E-state index in [0.717, 1.165) is 6.29 Å². The standard InChI is InChI=1S/C12H20FNO3/c1-12(2,3)17-11(16)14-7-9(8-14)10(13)5-4-6-15/h6,9-10H,4-5,7-8H2,1-3H3. The fourth-order valence-electron chi connectivity index (χ4n) is 1.68. The van der Waals surface area contributed by atoms with Crippen LogP contribution in [-0.2, 0) is 9.53 Å². The van der Waals surface area contributed by atoms with Crippen molar-refractivity contribution in [3.63, 3.8) is 0 Å². The molecule has 98 valence electrons. The van der Waals surface area contributed by atoms with Gasteiger partial charge >= 0.3 is 6.09 Å². The number of halogens is 1. The Morgan fingerprint density at radius 1 is 1.53 bits per heavy atom. The van der Waals surface area contributed by atoms with E-state index < -0.39 is 17.9 Å². The van der Waals surface area contributed by atoms with Crippen molar-refractivity contribution >= 4 is 12.4 Å². The molecule has 0 spiro atoms. The van der Waals surface area contributed by atoms with Crippen LogP contribution in [0.1, 0.15) is 33.6 Å². The van der Waals surface area contributed by atoms with Gasteiger partial charge in [-0.25, -0.2) is 9.18 Å². The summed E-state index contributed by atoms with van der Waals surface area (Å²) in [4.78, 5) is 23.2.